The number of aromatic nitrogens is 2. The molecular weight excluding hydrogens is 276 g/mol. The van der Waals surface area contributed by atoms with Crippen molar-refractivity contribution >= 4 is 17.5 Å². The smallest absolute Gasteiger partial charge is 0.231 e. The molecule has 116 valence electrons. The summed E-state index contributed by atoms with van der Waals surface area (Å²) < 4.78 is 5.64. The molecule has 1 N–H and O–H groups in total. The Morgan fingerprint density at radius 1 is 1.27 bits per heavy atom. The highest BCUT2D eigenvalue weighted by Gasteiger charge is 2.16. The summed E-state index contributed by atoms with van der Waals surface area (Å²) in [5.74, 6) is 1.54. The molecule has 0 amide bonds. The number of rotatable bonds is 5. The van der Waals surface area contributed by atoms with Crippen LogP contribution < -0.4 is 10.2 Å². The summed E-state index contributed by atoms with van der Waals surface area (Å²) in [5, 5.41) is 3.37. The number of benzene rings is 1. The maximum absolute atomic E-state index is 5.64. The Bertz CT molecular complexity index is 611. The van der Waals surface area contributed by atoms with Crippen molar-refractivity contribution in [3.8, 4) is 0 Å². The first kappa shape index (κ1) is 14.8. The van der Waals surface area contributed by atoms with Crippen LogP contribution in [0.15, 0.2) is 36.4 Å². The van der Waals surface area contributed by atoms with E-state index in [4.69, 9.17) is 4.74 Å². The number of nitrogens with one attached hydrogen (secondary N) is 1. The lowest BCUT2D eigenvalue weighted by atomic mass is 10.2. The molecule has 1 aliphatic heterocycles. The van der Waals surface area contributed by atoms with Crippen molar-refractivity contribution in [3.05, 3.63) is 42.1 Å². The fraction of sp³-hybridized carbons (Fsp3) is 0.412. The zero-order chi connectivity index (χ0) is 15.4. The number of nitrogens with zero attached hydrogens (tertiary/aromatic N) is 3. The number of hydrogen-bond donors (Lipinski definition) is 1. The van der Waals surface area contributed by atoms with Gasteiger partial charge in [-0.2, -0.15) is 4.98 Å². The zero-order valence-corrected chi connectivity index (χ0v) is 13.1. The van der Waals surface area contributed by atoms with Crippen LogP contribution in [0.3, 0.4) is 0 Å². The van der Waals surface area contributed by atoms with Crippen LogP contribution in [0.2, 0.25) is 0 Å². The molecule has 1 fully saturated rings. The fourth-order valence-electron chi connectivity index (χ4n) is 2.58. The fourth-order valence-corrected chi connectivity index (χ4v) is 2.58. The molecular formula is C17H22N4O. The molecule has 1 saturated heterocycles. The maximum Gasteiger partial charge on any atom is 0.231 e. The Balaban J connectivity index is 1.74. The second-order valence-electron chi connectivity index (χ2n) is 5.61. The Hall–Kier alpha value is -2.14. The van der Waals surface area contributed by atoms with Crippen molar-refractivity contribution in [3.63, 3.8) is 0 Å². The van der Waals surface area contributed by atoms with Gasteiger partial charge in [-0.05, 0) is 31.9 Å². The Morgan fingerprint density at radius 2 is 2.09 bits per heavy atom. The minimum absolute atomic E-state index is 0.297. The van der Waals surface area contributed by atoms with Crippen LogP contribution in [0.5, 0.6) is 0 Å². The van der Waals surface area contributed by atoms with Gasteiger partial charge < -0.3 is 15.0 Å². The van der Waals surface area contributed by atoms with Gasteiger partial charge in [-0.15, -0.1) is 0 Å². The third-order valence-electron chi connectivity index (χ3n) is 3.82. The van der Waals surface area contributed by atoms with E-state index in [1.54, 1.807) is 0 Å². The minimum Gasteiger partial charge on any atom is -0.376 e. The monoisotopic (exact) mass is 298 g/mol. The Labute approximate surface area is 131 Å². The Morgan fingerprint density at radius 3 is 2.82 bits per heavy atom. The summed E-state index contributed by atoms with van der Waals surface area (Å²) in [6.07, 6.45) is 2.57. The first-order valence-corrected chi connectivity index (χ1v) is 7.72. The highest BCUT2D eigenvalue weighted by Crippen LogP contribution is 2.21. The van der Waals surface area contributed by atoms with Crippen LogP contribution in [-0.4, -0.2) is 36.3 Å². The van der Waals surface area contributed by atoms with E-state index in [0.717, 1.165) is 43.2 Å². The quantitative estimate of drug-likeness (QED) is 0.919. The third-order valence-corrected chi connectivity index (χ3v) is 3.82. The first-order chi connectivity index (χ1) is 10.7. The molecule has 0 radical (unpaired) electrons. The minimum atomic E-state index is 0.297. The SMILES string of the molecule is Cc1cc(NCC2CCCO2)nc(N(C)c2ccccc2)n1. The van der Waals surface area contributed by atoms with Crippen molar-refractivity contribution in [2.75, 3.05) is 30.4 Å². The van der Waals surface area contributed by atoms with Crippen molar-refractivity contribution < 1.29 is 4.74 Å². The lowest BCUT2D eigenvalue weighted by molar-refractivity contribution is 0.120. The van der Waals surface area contributed by atoms with Gasteiger partial charge in [0.2, 0.25) is 5.95 Å². The largest absolute Gasteiger partial charge is 0.376 e. The second kappa shape index (κ2) is 6.75. The average molecular weight is 298 g/mol. The highest BCUT2D eigenvalue weighted by atomic mass is 16.5. The van der Waals surface area contributed by atoms with Crippen LogP contribution in [0, 0.1) is 6.92 Å². The number of anilines is 3. The van der Waals surface area contributed by atoms with Gasteiger partial charge in [0.15, 0.2) is 0 Å². The zero-order valence-electron chi connectivity index (χ0n) is 13.1. The van der Waals surface area contributed by atoms with E-state index in [0.29, 0.717) is 12.1 Å². The number of hydrogen-bond acceptors (Lipinski definition) is 5. The van der Waals surface area contributed by atoms with E-state index in [1.165, 1.54) is 0 Å². The van der Waals surface area contributed by atoms with Crippen molar-refractivity contribution in [1.82, 2.24) is 9.97 Å². The molecule has 0 aliphatic carbocycles. The van der Waals surface area contributed by atoms with E-state index in [9.17, 15) is 0 Å². The predicted octanol–water partition coefficient (Wildman–Crippen LogP) is 3.14. The topological polar surface area (TPSA) is 50.3 Å². The van der Waals surface area contributed by atoms with E-state index in [-0.39, 0.29) is 0 Å². The van der Waals surface area contributed by atoms with E-state index in [1.807, 2.05) is 55.3 Å². The maximum atomic E-state index is 5.64. The summed E-state index contributed by atoms with van der Waals surface area (Å²) in [6, 6.07) is 12.1. The summed E-state index contributed by atoms with van der Waals surface area (Å²) in [7, 11) is 1.98. The second-order valence-corrected chi connectivity index (χ2v) is 5.61. The summed E-state index contributed by atoms with van der Waals surface area (Å²) in [5.41, 5.74) is 2.01. The molecule has 1 aromatic carbocycles. The molecule has 2 heterocycles. The molecule has 1 atom stereocenters. The van der Waals surface area contributed by atoms with Crippen LogP contribution in [0.4, 0.5) is 17.5 Å². The van der Waals surface area contributed by atoms with Gasteiger partial charge in [0.05, 0.1) is 6.10 Å². The summed E-state index contributed by atoms with van der Waals surface area (Å²) in [6.45, 7) is 3.66. The summed E-state index contributed by atoms with van der Waals surface area (Å²) >= 11 is 0. The van der Waals surface area contributed by atoms with Gasteiger partial charge in [-0.3, -0.25) is 0 Å². The van der Waals surface area contributed by atoms with Gasteiger partial charge >= 0.3 is 0 Å². The summed E-state index contributed by atoms with van der Waals surface area (Å²) in [4.78, 5) is 11.1. The first-order valence-electron chi connectivity index (χ1n) is 7.72. The van der Waals surface area contributed by atoms with E-state index < -0.39 is 0 Å². The average Bonchev–Trinajstić information content (AvgIpc) is 3.06. The van der Waals surface area contributed by atoms with Gasteiger partial charge in [0, 0.05) is 37.6 Å². The predicted molar refractivity (Wildman–Crippen MR) is 88.7 cm³/mol. The van der Waals surface area contributed by atoms with Crippen LogP contribution in [-0.2, 0) is 4.74 Å². The molecule has 22 heavy (non-hydrogen) atoms. The number of para-hydroxylation sites is 1. The van der Waals surface area contributed by atoms with E-state index in [2.05, 4.69) is 15.3 Å². The third kappa shape index (κ3) is 3.54. The number of ether oxygens (including phenoxy) is 1. The van der Waals surface area contributed by atoms with Crippen molar-refractivity contribution in [2.45, 2.75) is 25.9 Å². The molecule has 5 nitrogen and oxygen atoms in total. The van der Waals surface area contributed by atoms with Crippen LogP contribution in [0.25, 0.3) is 0 Å². The van der Waals surface area contributed by atoms with Gasteiger partial charge in [-0.1, -0.05) is 18.2 Å². The lowest BCUT2D eigenvalue weighted by Gasteiger charge is -2.19. The molecule has 0 saturated carbocycles. The highest BCUT2D eigenvalue weighted by molar-refractivity contribution is 5.57. The van der Waals surface area contributed by atoms with Gasteiger partial charge in [-0.25, -0.2) is 4.98 Å². The van der Waals surface area contributed by atoms with Crippen molar-refractivity contribution in [2.24, 2.45) is 0 Å². The van der Waals surface area contributed by atoms with Crippen LogP contribution >= 0.6 is 0 Å². The molecule has 0 spiro atoms. The molecule has 2 aromatic rings. The standard InChI is InChI=1S/C17H22N4O/c1-13-11-16(18-12-15-9-6-10-22-15)20-17(19-13)21(2)14-7-4-3-5-8-14/h3-5,7-8,11,15H,6,9-10,12H2,1-2H3,(H,18,19,20). The Kier molecular flexibility index (Phi) is 4.53. The molecule has 5 heteroatoms. The normalized spacial score (nSPS) is 17.5. The van der Waals surface area contributed by atoms with Crippen LogP contribution in [0.1, 0.15) is 18.5 Å². The molecule has 1 unspecified atom stereocenters. The number of aryl methyl sites for hydroxylation is 1. The van der Waals surface area contributed by atoms with Crippen molar-refractivity contribution in [1.29, 1.82) is 0 Å². The van der Waals surface area contributed by atoms with Gasteiger partial charge in [0.25, 0.3) is 0 Å². The lowest BCUT2D eigenvalue weighted by Crippen LogP contribution is -2.20. The van der Waals surface area contributed by atoms with Gasteiger partial charge in [0.1, 0.15) is 5.82 Å². The molecule has 0 bridgehead atoms. The molecule has 1 aliphatic rings. The molecule has 3 rings (SSSR count). The molecule has 1 aromatic heterocycles. The van der Waals surface area contributed by atoms with E-state index >= 15 is 0 Å².